The van der Waals surface area contributed by atoms with Crippen molar-refractivity contribution in [1.82, 2.24) is 0 Å². The van der Waals surface area contributed by atoms with Gasteiger partial charge >= 0.3 is 0 Å². The molecule has 0 spiro atoms. The molecule has 0 radical (unpaired) electrons. The predicted molar refractivity (Wildman–Crippen MR) is 71.6 cm³/mol. The molecule has 0 aromatic rings. The summed E-state index contributed by atoms with van der Waals surface area (Å²) < 4.78 is 0. The van der Waals surface area contributed by atoms with E-state index in [1.54, 1.807) is 0 Å². The van der Waals surface area contributed by atoms with E-state index in [0.717, 1.165) is 17.8 Å². The molecule has 4 aliphatic rings. The van der Waals surface area contributed by atoms with Crippen molar-refractivity contribution in [2.45, 2.75) is 61.3 Å². The van der Waals surface area contributed by atoms with Crippen LogP contribution in [-0.2, 0) is 0 Å². The lowest BCUT2D eigenvalue weighted by atomic mass is 9.04. The summed E-state index contributed by atoms with van der Waals surface area (Å²) in [5, 5.41) is 0. The van der Waals surface area contributed by atoms with Gasteiger partial charge in [0.2, 0.25) is 0 Å². The van der Waals surface area contributed by atoms with E-state index in [1.165, 1.54) is 12.8 Å². The van der Waals surface area contributed by atoms with Crippen molar-refractivity contribution < 1.29 is 0 Å². The minimum absolute atomic E-state index is 0.566. The van der Waals surface area contributed by atoms with Gasteiger partial charge in [0.1, 0.15) is 0 Å². The van der Waals surface area contributed by atoms with E-state index < -0.39 is 0 Å². The zero-order valence-electron chi connectivity index (χ0n) is 12.6. The molecule has 0 amide bonds. The zero-order chi connectivity index (χ0) is 12.6. The summed E-state index contributed by atoms with van der Waals surface area (Å²) in [5.41, 5.74) is 3.14. The highest BCUT2D eigenvalue weighted by Gasteiger charge is 2.96. The molecule has 4 saturated carbocycles. The Morgan fingerprint density at radius 1 is 0.941 bits per heavy atom. The van der Waals surface area contributed by atoms with Crippen molar-refractivity contribution in [3.63, 3.8) is 0 Å². The highest BCUT2D eigenvalue weighted by molar-refractivity contribution is 5.43. The van der Waals surface area contributed by atoms with Crippen LogP contribution in [0.25, 0.3) is 0 Å². The number of hydrogen-bond acceptors (Lipinski definition) is 0. The van der Waals surface area contributed by atoms with Crippen LogP contribution in [0.5, 0.6) is 0 Å². The molecule has 0 heteroatoms. The van der Waals surface area contributed by atoms with Gasteiger partial charge in [-0.15, -0.1) is 0 Å². The first kappa shape index (κ1) is 10.9. The van der Waals surface area contributed by atoms with Gasteiger partial charge in [-0.2, -0.15) is 0 Å². The van der Waals surface area contributed by atoms with Gasteiger partial charge in [-0.1, -0.05) is 48.5 Å². The largest absolute Gasteiger partial charge is 0.0619 e. The van der Waals surface area contributed by atoms with Crippen molar-refractivity contribution in [1.29, 1.82) is 0 Å². The Morgan fingerprint density at radius 2 is 1.53 bits per heavy atom. The molecule has 0 aromatic carbocycles. The highest BCUT2D eigenvalue weighted by atomic mass is 15.0. The summed E-state index contributed by atoms with van der Waals surface area (Å²) in [7, 11) is 0. The topological polar surface area (TPSA) is 0 Å². The quantitative estimate of drug-likeness (QED) is 0.566. The molecule has 4 fully saturated rings. The average Bonchev–Trinajstić information content (AvgIpc) is 2.24. The molecule has 0 aliphatic heterocycles. The van der Waals surface area contributed by atoms with Crippen molar-refractivity contribution >= 4 is 0 Å². The molecular formula is C17H28. The molecule has 7 unspecified atom stereocenters. The Balaban J connectivity index is 1.86. The molecular weight excluding hydrogens is 204 g/mol. The number of rotatable bonds is 0. The molecule has 4 rings (SSSR count). The van der Waals surface area contributed by atoms with Gasteiger partial charge in [0.05, 0.1) is 0 Å². The van der Waals surface area contributed by atoms with Gasteiger partial charge in [0.25, 0.3) is 0 Å². The summed E-state index contributed by atoms with van der Waals surface area (Å²) >= 11 is 0. The van der Waals surface area contributed by atoms with Crippen molar-refractivity contribution in [2.24, 2.45) is 44.8 Å². The van der Waals surface area contributed by atoms with Crippen LogP contribution >= 0.6 is 0 Å². The Bertz CT molecular complexity index is 435. The van der Waals surface area contributed by atoms with Crippen LogP contribution in [0.1, 0.15) is 61.3 Å². The maximum absolute atomic E-state index is 2.65. The molecule has 96 valence electrons. The maximum atomic E-state index is 2.65. The Hall–Kier alpha value is 0. The first-order chi connectivity index (χ1) is 7.59. The van der Waals surface area contributed by atoms with Gasteiger partial charge in [0.15, 0.2) is 0 Å². The molecule has 7 atom stereocenters. The van der Waals surface area contributed by atoms with E-state index in [1.807, 2.05) is 0 Å². The van der Waals surface area contributed by atoms with E-state index in [9.17, 15) is 0 Å². The van der Waals surface area contributed by atoms with Crippen molar-refractivity contribution in [3.05, 3.63) is 0 Å². The third kappa shape index (κ3) is 0.573. The molecule has 0 saturated heterocycles. The van der Waals surface area contributed by atoms with Gasteiger partial charge in [-0.3, -0.25) is 0 Å². The van der Waals surface area contributed by atoms with Crippen LogP contribution in [0.3, 0.4) is 0 Å². The molecule has 17 heavy (non-hydrogen) atoms. The fourth-order valence-electron chi connectivity index (χ4n) is 8.60. The average molecular weight is 232 g/mol. The van der Waals surface area contributed by atoms with Gasteiger partial charge < -0.3 is 0 Å². The summed E-state index contributed by atoms with van der Waals surface area (Å²) in [5.74, 6) is 3.08. The first-order valence-corrected chi connectivity index (χ1v) is 7.59. The molecule has 0 aromatic heterocycles. The molecule has 4 aliphatic carbocycles. The highest BCUT2D eigenvalue weighted by Crippen LogP contribution is 3.01. The third-order valence-corrected chi connectivity index (χ3v) is 9.57. The lowest BCUT2D eigenvalue weighted by Crippen LogP contribution is -2.95. The second-order valence-corrected chi connectivity index (χ2v) is 9.31. The summed E-state index contributed by atoms with van der Waals surface area (Å²) in [6.07, 6.45) is 2.99. The zero-order valence-corrected chi connectivity index (χ0v) is 12.6. The summed E-state index contributed by atoms with van der Waals surface area (Å²) in [6, 6.07) is 0. The lowest BCUT2D eigenvalue weighted by molar-refractivity contribution is -0.530. The Morgan fingerprint density at radius 3 is 2.00 bits per heavy atom. The smallest absolute Gasteiger partial charge is 0.0155 e. The monoisotopic (exact) mass is 232 g/mol. The normalized spacial score (nSPS) is 73.9. The fourth-order valence-corrected chi connectivity index (χ4v) is 8.60. The standard InChI is InChI=1S/C17H28/c1-10-8-11-12-14(4)9-13(2,3)17(14,7)16(12,6)15(10,11)5/h10-12H,8-9H2,1-7H3. The van der Waals surface area contributed by atoms with E-state index in [4.69, 9.17) is 0 Å². The fraction of sp³-hybridized carbons (Fsp3) is 1.00. The minimum atomic E-state index is 0.566. The van der Waals surface area contributed by atoms with Crippen LogP contribution in [0.4, 0.5) is 0 Å². The van der Waals surface area contributed by atoms with Crippen molar-refractivity contribution in [2.75, 3.05) is 0 Å². The first-order valence-electron chi connectivity index (χ1n) is 7.59. The van der Waals surface area contributed by atoms with Gasteiger partial charge in [0, 0.05) is 0 Å². The third-order valence-electron chi connectivity index (χ3n) is 9.57. The lowest BCUT2D eigenvalue weighted by Gasteiger charge is -3.00. The second-order valence-electron chi connectivity index (χ2n) is 9.31. The maximum Gasteiger partial charge on any atom is -0.0155 e. The van der Waals surface area contributed by atoms with E-state index in [0.29, 0.717) is 27.1 Å². The Kier molecular flexibility index (Phi) is 1.37. The van der Waals surface area contributed by atoms with Crippen LogP contribution in [0.15, 0.2) is 0 Å². The van der Waals surface area contributed by atoms with E-state index >= 15 is 0 Å². The van der Waals surface area contributed by atoms with Gasteiger partial charge in [-0.05, 0) is 57.7 Å². The summed E-state index contributed by atoms with van der Waals surface area (Å²) in [6.45, 7) is 18.0. The van der Waals surface area contributed by atoms with E-state index in [2.05, 4.69) is 48.5 Å². The Labute approximate surface area is 107 Å². The number of hydrogen-bond donors (Lipinski definition) is 0. The van der Waals surface area contributed by atoms with Crippen LogP contribution in [0, 0.1) is 44.8 Å². The minimum Gasteiger partial charge on any atom is -0.0619 e. The predicted octanol–water partition coefficient (Wildman–Crippen LogP) is 4.74. The molecule has 0 N–H and O–H groups in total. The second kappa shape index (κ2) is 2.14. The van der Waals surface area contributed by atoms with Gasteiger partial charge in [-0.25, -0.2) is 0 Å². The van der Waals surface area contributed by atoms with Crippen LogP contribution < -0.4 is 0 Å². The van der Waals surface area contributed by atoms with Crippen LogP contribution in [-0.4, -0.2) is 0 Å². The SMILES string of the molecule is CC1CC2C3C4(C)CC(C)(C)C4(C)C3(C)C12C. The number of fused-ring (bicyclic) bond motifs is 7. The van der Waals surface area contributed by atoms with E-state index in [-0.39, 0.29) is 0 Å². The van der Waals surface area contributed by atoms with Crippen molar-refractivity contribution in [3.8, 4) is 0 Å². The molecule has 0 bridgehead atoms. The molecule has 0 heterocycles. The molecule has 0 nitrogen and oxygen atoms in total. The van der Waals surface area contributed by atoms with Crippen LogP contribution in [0.2, 0.25) is 0 Å². The summed E-state index contributed by atoms with van der Waals surface area (Å²) in [4.78, 5) is 0.